The Bertz CT molecular complexity index is 452. The Kier molecular flexibility index (Phi) is 5.63. The molecule has 0 atom stereocenters. The average molecular weight is 346 g/mol. The van der Waals surface area contributed by atoms with Crippen molar-refractivity contribution in [3.8, 4) is 0 Å². The molecule has 1 aliphatic heterocycles. The van der Waals surface area contributed by atoms with Crippen LogP contribution in [0.1, 0.15) is 35.4 Å². The van der Waals surface area contributed by atoms with Crippen LogP contribution in [0.2, 0.25) is 0 Å². The van der Waals surface area contributed by atoms with E-state index in [1.54, 1.807) is 6.07 Å². The Hall–Kier alpha value is -0.850. The Labute approximate surface area is 127 Å². The lowest BCUT2D eigenvalue weighted by molar-refractivity contribution is 0.00322. The molecule has 1 saturated heterocycles. The van der Waals surface area contributed by atoms with E-state index in [4.69, 9.17) is 14.3 Å². The monoisotopic (exact) mass is 345 g/mol. The molecule has 0 unspecified atom stereocenters. The Balaban J connectivity index is 1.84. The third-order valence-corrected chi connectivity index (χ3v) is 3.86. The van der Waals surface area contributed by atoms with E-state index in [2.05, 4.69) is 15.9 Å². The molecule has 1 aliphatic rings. The van der Waals surface area contributed by atoms with Crippen LogP contribution in [0.25, 0.3) is 0 Å². The first-order chi connectivity index (χ1) is 9.61. The van der Waals surface area contributed by atoms with Crippen LogP contribution in [0.5, 0.6) is 0 Å². The summed E-state index contributed by atoms with van der Waals surface area (Å²) in [5, 5.41) is 8.72. The molecule has 0 spiro atoms. The van der Waals surface area contributed by atoms with Crippen molar-refractivity contribution >= 4 is 21.8 Å². The summed E-state index contributed by atoms with van der Waals surface area (Å²) in [7, 11) is 0. The molecule has 0 saturated carbocycles. The molecule has 20 heavy (non-hydrogen) atoms. The molecular weight excluding hydrogens is 326 g/mol. The zero-order valence-corrected chi connectivity index (χ0v) is 13.2. The van der Waals surface area contributed by atoms with E-state index in [-0.39, 0.29) is 18.6 Å². The number of carbonyl (C=O) groups is 1. The van der Waals surface area contributed by atoms with Gasteiger partial charge in [0.1, 0.15) is 0 Å². The predicted molar refractivity (Wildman–Crippen MR) is 77.7 cm³/mol. The number of halogens is 1. The number of ether oxygens (including phenoxy) is 1. The third kappa shape index (κ3) is 3.84. The zero-order valence-electron chi connectivity index (χ0n) is 11.6. The number of carbonyl (C=O) groups excluding carboxylic acids is 1. The molecule has 5 nitrogen and oxygen atoms in total. The Morgan fingerprint density at radius 2 is 2.25 bits per heavy atom. The first kappa shape index (κ1) is 15.5. The van der Waals surface area contributed by atoms with Crippen LogP contribution in [0.3, 0.4) is 0 Å². The average Bonchev–Trinajstić information content (AvgIpc) is 2.78. The minimum Gasteiger partial charge on any atom is -0.444 e. The van der Waals surface area contributed by atoms with Crippen molar-refractivity contribution in [3.63, 3.8) is 0 Å². The van der Waals surface area contributed by atoms with Gasteiger partial charge in [-0.05, 0) is 48.2 Å². The second-order valence-electron chi connectivity index (χ2n) is 5.00. The fourth-order valence-electron chi connectivity index (χ4n) is 2.34. The number of piperidine rings is 1. The summed E-state index contributed by atoms with van der Waals surface area (Å²) in [6.45, 7) is 3.97. The summed E-state index contributed by atoms with van der Waals surface area (Å²) in [5.74, 6) is 0.360. The molecule has 2 rings (SSSR count). The van der Waals surface area contributed by atoms with Crippen molar-refractivity contribution in [3.05, 3.63) is 22.1 Å². The SMILES string of the molecule is Cc1cc(Br)oc1C(=O)N1CCC(OCCCO)CC1. The van der Waals surface area contributed by atoms with Crippen LogP contribution in [0, 0.1) is 6.92 Å². The van der Waals surface area contributed by atoms with Gasteiger partial charge < -0.3 is 19.2 Å². The van der Waals surface area contributed by atoms with Gasteiger partial charge in [0.05, 0.1) is 6.10 Å². The zero-order chi connectivity index (χ0) is 14.5. The van der Waals surface area contributed by atoms with Crippen LogP contribution in [-0.2, 0) is 4.74 Å². The van der Waals surface area contributed by atoms with E-state index in [1.165, 1.54) is 0 Å². The highest BCUT2D eigenvalue weighted by atomic mass is 79.9. The highest BCUT2D eigenvalue weighted by Crippen LogP contribution is 2.23. The Morgan fingerprint density at radius 3 is 2.80 bits per heavy atom. The predicted octanol–water partition coefficient (Wildman–Crippen LogP) is 2.35. The number of amides is 1. The van der Waals surface area contributed by atoms with Crippen LogP contribution in [0.4, 0.5) is 0 Å². The van der Waals surface area contributed by atoms with Crippen molar-refractivity contribution in [2.24, 2.45) is 0 Å². The first-order valence-electron chi connectivity index (χ1n) is 6.89. The number of hydrogen-bond donors (Lipinski definition) is 1. The van der Waals surface area contributed by atoms with Gasteiger partial charge in [0, 0.05) is 31.9 Å². The van der Waals surface area contributed by atoms with E-state index in [1.807, 2.05) is 11.8 Å². The summed E-state index contributed by atoms with van der Waals surface area (Å²) in [6, 6.07) is 1.80. The number of aliphatic hydroxyl groups excluding tert-OH is 1. The molecule has 1 fully saturated rings. The summed E-state index contributed by atoms with van der Waals surface area (Å²) in [4.78, 5) is 14.1. The molecule has 0 aromatic carbocycles. The van der Waals surface area contributed by atoms with Crippen LogP contribution in [-0.4, -0.2) is 48.3 Å². The van der Waals surface area contributed by atoms with Gasteiger partial charge in [-0.2, -0.15) is 0 Å². The molecule has 0 radical (unpaired) electrons. The summed E-state index contributed by atoms with van der Waals surface area (Å²) >= 11 is 3.24. The maximum absolute atomic E-state index is 12.3. The molecule has 0 aliphatic carbocycles. The minimum absolute atomic E-state index is 0.0537. The quantitative estimate of drug-likeness (QED) is 0.832. The topological polar surface area (TPSA) is 62.9 Å². The molecule has 112 valence electrons. The first-order valence-corrected chi connectivity index (χ1v) is 7.68. The smallest absolute Gasteiger partial charge is 0.289 e. The molecule has 1 amide bonds. The van der Waals surface area contributed by atoms with Gasteiger partial charge >= 0.3 is 0 Å². The summed E-state index contributed by atoms with van der Waals surface area (Å²) in [5.41, 5.74) is 0.850. The fraction of sp³-hybridized carbons (Fsp3) is 0.643. The molecule has 2 heterocycles. The number of rotatable bonds is 5. The molecule has 1 N–H and O–H groups in total. The van der Waals surface area contributed by atoms with Crippen molar-refractivity contribution in [1.29, 1.82) is 0 Å². The maximum atomic E-state index is 12.3. The highest BCUT2D eigenvalue weighted by molar-refractivity contribution is 9.10. The van der Waals surface area contributed by atoms with Crippen molar-refractivity contribution in [2.45, 2.75) is 32.3 Å². The lowest BCUT2D eigenvalue weighted by Gasteiger charge is -2.31. The van der Waals surface area contributed by atoms with Gasteiger partial charge in [-0.15, -0.1) is 0 Å². The standard InChI is InChI=1S/C14H20BrNO4/c1-10-9-12(15)20-13(10)14(18)16-5-3-11(4-6-16)19-8-2-7-17/h9,11,17H,2-8H2,1H3. The van der Waals surface area contributed by atoms with Gasteiger partial charge in [0.15, 0.2) is 10.4 Å². The minimum atomic E-state index is -0.0537. The molecule has 1 aromatic rings. The van der Waals surface area contributed by atoms with E-state index >= 15 is 0 Å². The van der Waals surface area contributed by atoms with Crippen molar-refractivity contribution in [1.82, 2.24) is 4.90 Å². The number of aliphatic hydroxyl groups is 1. The van der Waals surface area contributed by atoms with Gasteiger partial charge in [0.25, 0.3) is 5.91 Å². The van der Waals surface area contributed by atoms with Crippen LogP contribution >= 0.6 is 15.9 Å². The largest absolute Gasteiger partial charge is 0.444 e. The van der Waals surface area contributed by atoms with Crippen LogP contribution < -0.4 is 0 Å². The molecule has 1 aromatic heterocycles. The summed E-state index contributed by atoms with van der Waals surface area (Å²) < 4.78 is 11.6. The van der Waals surface area contributed by atoms with Crippen molar-refractivity contribution in [2.75, 3.05) is 26.3 Å². The maximum Gasteiger partial charge on any atom is 0.289 e. The lowest BCUT2D eigenvalue weighted by Crippen LogP contribution is -2.41. The molecular formula is C14H20BrNO4. The van der Waals surface area contributed by atoms with Gasteiger partial charge in [-0.3, -0.25) is 4.79 Å². The lowest BCUT2D eigenvalue weighted by atomic mass is 10.1. The van der Waals surface area contributed by atoms with E-state index in [9.17, 15) is 4.79 Å². The second kappa shape index (κ2) is 7.24. The van der Waals surface area contributed by atoms with E-state index in [0.717, 1.165) is 18.4 Å². The molecule has 0 bridgehead atoms. The highest BCUT2D eigenvalue weighted by Gasteiger charge is 2.26. The van der Waals surface area contributed by atoms with Gasteiger partial charge in [-0.25, -0.2) is 0 Å². The van der Waals surface area contributed by atoms with Crippen LogP contribution in [0.15, 0.2) is 15.2 Å². The van der Waals surface area contributed by atoms with Gasteiger partial charge in [0.2, 0.25) is 0 Å². The van der Waals surface area contributed by atoms with E-state index in [0.29, 0.717) is 36.5 Å². The third-order valence-electron chi connectivity index (χ3n) is 3.47. The number of nitrogens with zero attached hydrogens (tertiary/aromatic N) is 1. The second-order valence-corrected chi connectivity index (χ2v) is 5.78. The normalized spacial score (nSPS) is 16.6. The Morgan fingerprint density at radius 1 is 1.55 bits per heavy atom. The number of hydrogen-bond acceptors (Lipinski definition) is 4. The van der Waals surface area contributed by atoms with E-state index < -0.39 is 0 Å². The number of furan rings is 1. The number of likely N-dealkylation sites (tertiary alicyclic amines) is 1. The van der Waals surface area contributed by atoms with Gasteiger partial charge in [-0.1, -0.05) is 0 Å². The number of aryl methyl sites for hydroxylation is 1. The molecule has 6 heteroatoms. The summed E-state index contributed by atoms with van der Waals surface area (Å²) in [6.07, 6.45) is 2.52. The fourth-order valence-corrected chi connectivity index (χ4v) is 2.84. The van der Waals surface area contributed by atoms with Crippen molar-refractivity contribution < 1.29 is 19.1 Å².